The van der Waals surface area contributed by atoms with Gasteiger partial charge in [0.1, 0.15) is 11.8 Å². The van der Waals surface area contributed by atoms with Gasteiger partial charge in [0.15, 0.2) is 0 Å². The molecule has 1 N–H and O–H groups in total. The number of thiazole rings is 1. The Labute approximate surface area is 273 Å². The third kappa shape index (κ3) is 5.63. The highest BCUT2D eigenvalue weighted by molar-refractivity contribution is 9.10. The number of rotatable bonds is 7. The van der Waals surface area contributed by atoms with Crippen molar-refractivity contribution in [3.8, 4) is 0 Å². The van der Waals surface area contributed by atoms with E-state index in [2.05, 4.69) is 21.2 Å². The lowest BCUT2D eigenvalue weighted by Crippen LogP contribution is -2.33. The SMILES string of the molecule is CCOC(=O)c1ccc(N2C(=O)[C@H]3[C@H](c4ccc(Br)cc4)c4sc(=O)n(CC(=O)Nc5ccc(Cl)cc5)c4S[C@H]3C2=O)cc1. The second-order valence-corrected chi connectivity index (χ2v) is 13.5. The van der Waals surface area contributed by atoms with Crippen molar-refractivity contribution in [3.63, 3.8) is 0 Å². The average Bonchev–Trinajstić information content (AvgIpc) is 3.45. The quantitative estimate of drug-likeness (QED) is 0.187. The van der Waals surface area contributed by atoms with Crippen LogP contribution in [-0.2, 0) is 25.7 Å². The standard InChI is InChI=1S/C31H23BrClN3O6S2/c1-2-42-30(40)17-5-13-21(14-6-17)36-27(38)24-23(16-3-7-18(32)8-4-16)26-29(43-25(24)28(36)39)35(31(41)44-26)15-22(37)34-20-11-9-19(33)10-12-20/h3-14,23-25H,2,15H2,1H3,(H,34,37)/t23-,24-,25+/m0/s1. The molecule has 0 bridgehead atoms. The van der Waals surface area contributed by atoms with Crippen molar-refractivity contribution < 1.29 is 23.9 Å². The van der Waals surface area contributed by atoms with E-state index in [-0.39, 0.29) is 18.0 Å². The van der Waals surface area contributed by atoms with Gasteiger partial charge in [-0.05, 0) is 73.2 Å². The van der Waals surface area contributed by atoms with E-state index in [1.54, 1.807) is 43.3 Å². The number of aromatic nitrogens is 1. The largest absolute Gasteiger partial charge is 0.462 e. The monoisotopic (exact) mass is 711 g/mol. The molecule has 3 amide bonds. The van der Waals surface area contributed by atoms with Gasteiger partial charge in [-0.3, -0.25) is 23.7 Å². The van der Waals surface area contributed by atoms with Crippen molar-refractivity contribution >= 4 is 85.7 Å². The fourth-order valence-electron chi connectivity index (χ4n) is 5.38. The summed E-state index contributed by atoms with van der Waals surface area (Å²) >= 11 is 11.5. The predicted octanol–water partition coefficient (Wildman–Crippen LogP) is 5.94. The van der Waals surface area contributed by atoms with Crippen LogP contribution in [-0.4, -0.2) is 40.1 Å². The van der Waals surface area contributed by atoms with Gasteiger partial charge in [-0.1, -0.05) is 62.8 Å². The molecule has 224 valence electrons. The Kier molecular flexibility index (Phi) is 8.51. The number of benzene rings is 3. The van der Waals surface area contributed by atoms with E-state index in [1.165, 1.54) is 16.7 Å². The van der Waals surface area contributed by atoms with Gasteiger partial charge in [0.2, 0.25) is 17.7 Å². The summed E-state index contributed by atoms with van der Waals surface area (Å²) in [5.41, 5.74) is 1.93. The van der Waals surface area contributed by atoms with E-state index in [0.29, 0.717) is 31.9 Å². The third-order valence-electron chi connectivity index (χ3n) is 7.34. The van der Waals surface area contributed by atoms with Crippen molar-refractivity contribution in [3.05, 3.63) is 108 Å². The zero-order valence-electron chi connectivity index (χ0n) is 23.0. The van der Waals surface area contributed by atoms with Crippen molar-refractivity contribution in [1.82, 2.24) is 4.57 Å². The van der Waals surface area contributed by atoms with E-state index in [9.17, 15) is 24.0 Å². The lowest BCUT2D eigenvalue weighted by atomic mass is 9.83. The number of thioether (sulfide) groups is 1. The van der Waals surface area contributed by atoms with Gasteiger partial charge in [-0.25, -0.2) is 9.69 Å². The number of halogens is 2. The Morgan fingerprint density at radius 3 is 2.30 bits per heavy atom. The highest BCUT2D eigenvalue weighted by Gasteiger charge is 2.56. The number of esters is 1. The minimum absolute atomic E-state index is 0.222. The lowest BCUT2D eigenvalue weighted by molar-refractivity contribution is -0.122. The van der Waals surface area contributed by atoms with Gasteiger partial charge in [0.25, 0.3) is 0 Å². The average molecular weight is 713 g/mol. The van der Waals surface area contributed by atoms with Crippen LogP contribution in [0.25, 0.3) is 0 Å². The number of nitrogens with one attached hydrogen (secondary N) is 1. The van der Waals surface area contributed by atoms with E-state index >= 15 is 0 Å². The highest BCUT2D eigenvalue weighted by atomic mass is 79.9. The number of ether oxygens (including phenoxy) is 1. The minimum Gasteiger partial charge on any atom is -0.462 e. The molecule has 0 saturated carbocycles. The summed E-state index contributed by atoms with van der Waals surface area (Å²) in [6, 6.07) is 20.2. The molecule has 0 radical (unpaired) electrons. The predicted molar refractivity (Wildman–Crippen MR) is 173 cm³/mol. The van der Waals surface area contributed by atoms with Crippen molar-refractivity contribution in [2.75, 3.05) is 16.8 Å². The topological polar surface area (TPSA) is 115 Å². The molecule has 1 saturated heterocycles. The fourth-order valence-corrected chi connectivity index (χ4v) is 8.54. The van der Waals surface area contributed by atoms with Crippen LogP contribution in [0.3, 0.4) is 0 Å². The molecule has 3 atom stereocenters. The summed E-state index contributed by atoms with van der Waals surface area (Å²) in [7, 11) is 0. The third-order valence-corrected chi connectivity index (χ3v) is 10.7. The van der Waals surface area contributed by atoms with Crippen molar-refractivity contribution in [2.24, 2.45) is 5.92 Å². The molecular formula is C31H23BrClN3O6S2. The molecule has 44 heavy (non-hydrogen) atoms. The second kappa shape index (κ2) is 12.4. The first-order chi connectivity index (χ1) is 21.2. The van der Waals surface area contributed by atoms with Gasteiger partial charge in [-0.15, -0.1) is 0 Å². The maximum Gasteiger partial charge on any atom is 0.338 e. The zero-order valence-corrected chi connectivity index (χ0v) is 27.0. The first kappa shape index (κ1) is 30.3. The molecule has 0 spiro atoms. The van der Waals surface area contributed by atoms with E-state index in [0.717, 1.165) is 38.0 Å². The smallest absolute Gasteiger partial charge is 0.338 e. The molecule has 4 aromatic rings. The number of hydrogen-bond donors (Lipinski definition) is 1. The maximum atomic E-state index is 14.1. The summed E-state index contributed by atoms with van der Waals surface area (Å²) in [5.74, 6) is -3.14. The zero-order chi connectivity index (χ0) is 31.1. The number of hydrogen-bond acceptors (Lipinski definition) is 8. The Morgan fingerprint density at radius 2 is 1.64 bits per heavy atom. The molecule has 9 nitrogen and oxygen atoms in total. The van der Waals surface area contributed by atoms with Crippen LogP contribution < -0.4 is 15.1 Å². The molecule has 1 fully saturated rings. The summed E-state index contributed by atoms with van der Waals surface area (Å²) in [6.45, 7) is 1.66. The molecule has 13 heteroatoms. The number of amides is 3. The van der Waals surface area contributed by atoms with Crippen molar-refractivity contribution in [2.45, 2.75) is 29.7 Å². The molecule has 0 aliphatic carbocycles. The van der Waals surface area contributed by atoms with Crippen LogP contribution >= 0.6 is 50.6 Å². The molecule has 3 aromatic carbocycles. The minimum atomic E-state index is -0.840. The molecule has 2 aliphatic rings. The van der Waals surface area contributed by atoms with Gasteiger partial charge < -0.3 is 10.1 Å². The van der Waals surface area contributed by atoms with E-state index in [4.69, 9.17) is 16.3 Å². The van der Waals surface area contributed by atoms with Gasteiger partial charge in [-0.2, -0.15) is 0 Å². The molecular weight excluding hydrogens is 690 g/mol. The van der Waals surface area contributed by atoms with Gasteiger partial charge in [0.05, 0.1) is 28.8 Å². The molecule has 1 aromatic heterocycles. The second-order valence-electron chi connectivity index (χ2n) is 10.1. The number of imide groups is 1. The molecule has 0 unspecified atom stereocenters. The summed E-state index contributed by atoms with van der Waals surface area (Å²) in [5, 5.41) is 2.94. The molecule has 6 rings (SSSR count). The molecule has 3 heterocycles. The Hall–Kier alpha value is -3.71. The van der Waals surface area contributed by atoms with Gasteiger partial charge in [0, 0.05) is 26.0 Å². The number of nitrogens with zero attached hydrogens (tertiary/aromatic N) is 2. The van der Waals surface area contributed by atoms with Gasteiger partial charge >= 0.3 is 10.8 Å². The first-order valence-corrected chi connectivity index (χ1v) is 16.4. The van der Waals surface area contributed by atoms with Crippen LogP contribution in [0.1, 0.15) is 33.6 Å². The Bertz CT molecular complexity index is 1840. The fraction of sp³-hybridized carbons (Fsp3) is 0.194. The van der Waals surface area contributed by atoms with Crippen LogP contribution in [0.4, 0.5) is 11.4 Å². The summed E-state index contributed by atoms with van der Waals surface area (Å²) < 4.78 is 7.25. The highest BCUT2D eigenvalue weighted by Crippen LogP contribution is 2.54. The Balaban J connectivity index is 1.36. The lowest BCUT2D eigenvalue weighted by Gasteiger charge is -2.30. The van der Waals surface area contributed by atoms with Crippen LogP contribution in [0.5, 0.6) is 0 Å². The van der Waals surface area contributed by atoms with Crippen LogP contribution in [0, 0.1) is 5.92 Å². The number of fused-ring (bicyclic) bond motifs is 2. The first-order valence-electron chi connectivity index (χ1n) is 13.5. The normalized spacial score (nSPS) is 19.0. The van der Waals surface area contributed by atoms with E-state index < -0.39 is 40.8 Å². The molecule has 2 aliphatic heterocycles. The maximum absolute atomic E-state index is 14.1. The van der Waals surface area contributed by atoms with Crippen LogP contribution in [0.2, 0.25) is 5.02 Å². The summed E-state index contributed by atoms with van der Waals surface area (Å²) in [4.78, 5) is 67.9. The van der Waals surface area contributed by atoms with Crippen LogP contribution in [0.15, 0.2) is 87.1 Å². The number of anilines is 2. The summed E-state index contributed by atoms with van der Waals surface area (Å²) in [6.07, 6.45) is 0. The van der Waals surface area contributed by atoms with E-state index in [1.807, 2.05) is 24.3 Å². The number of carbonyl (C=O) groups is 4. The Morgan fingerprint density at radius 1 is 0.955 bits per heavy atom. The van der Waals surface area contributed by atoms with Crippen molar-refractivity contribution in [1.29, 1.82) is 0 Å². The number of carbonyl (C=O) groups excluding carboxylic acids is 4.